The van der Waals surface area contributed by atoms with Crippen molar-refractivity contribution in [2.45, 2.75) is 38.3 Å². The molecule has 116 valence electrons. The van der Waals surface area contributed by atoms with E-state index in [0.717, 1.165) is 25.9 Å². The molecule has 0 aliphatic carbocycles. The Morgan fingerprint density at radius 1 is 1.38 bits per heavy atom. The van der Waals surface area contributed by atoms with E-state index < -0.39 is 0 Å². The minimum atomic E-state index is -0.0445. The summed E-state index contributed by atoms with van der Waals surface area (Å²) in [5, 5.41) is 6.38. The Labute approximate surface area is 127 Å². The molecule has 0 bridgehead atoms. The highest BCUT2D eigenvalue weighted by Crippen LogP contribution is 2.12. The summed E-state index contributed by atoms with van der Waals surface area (Å²) in [4.78, 5) is 14.5. The third-order valence-corrected chi connectivity index (χ3v) is 4.34. The number of carbonyl (C=O) groups is 1. The maximum absolute atomic E-state index is 12.3. The SMILES string of the molecule is CNC1CCCN(C(C)C(=O)NCCc2ccccc2)C1. The molecule has 21 heavy (non-hydrogen) atoms. The molecule has 4 heteroatoms. The molecule has 0 aromatic heterocycles. The second-order valence-corrected chi connectivity index (χ2v) is 5.83. The molecule has 1 fully saturated rings. The molecule has 1 aromatic rings. The zero-order valence-corrected chi connectivity index (χ0v) is 13.1. The zero-order valence-electron chi connectivity index (χ0n) is 13.1. The van der Waals surface area contributed by atoms with E-state index in [2.05, 4.69) is 27.7 Å². The number of likely N-dealkylation sites (tertiary alicyclic amines) is 1. The van der Waals surface area contributed by atoms with E-state index in [1.807, 2.05) is 32.2 Å². The molecule has 4 nitrogen and oxygen atoms in total. The Morgan fingerprint density at radius 2 is 2.14 bits per heavy atom. The first-order valence-electron chi connectivity index (χ1n) is 7.93. The quantitative estimate of drug-likeness (QED) is 0.832. The maximum atomic E-state index is 12.3. The summed E-state index contributed by atoms with van der Waals surface area (Å²) < 4.78 is 0. The zero-order chi connectivity index (χ0) is 15.1. The van der Waals surface area contributed by atoms with Crippen molar-refractivity contribution in [1.82, 2.24) is 15.5 Å². The van der Waals surface area contributed by atoms with Crippen molar-refractivity contribution >= 4 is 5.91 Å². The first kappa shape index (κ1) is 16.0. The summed E-state index contributed by atoms with van der Waals surface area (Å²) in [6.45, 7) is 4.70. The molecule has 2 rings (SSSR count). The van der Waals surface area contributed by atoms with Crippen LogP contribution in [0.25, 0.3) is 0 Å². The van der Waals surface area contributed by atoms with Gasteiger partial charge < -0.3 is 10.6 Å². The van der Waals surface area contributed by atoms with Crippen LogP contribution in [0.2, 0.25) is 0 Å². The van der Waals surface area contributed by atoms with Crippen LogP contribution in [0.4, 0.5) is 0 Å². The van der Waals surface area contributed by atoms with E-state index >= 15 is 0 Å². The van der Waals surface area contributed by atoms with Crippen molar-refractivity contribution in [2.24, 2.45) is 0 Å². The topological polar surface area (TPSA) is 44.4 Å². The average Bonchev–Trinajstić information content (AvgIpc) is 2.55. The standard InChI is InChI=1S/C17H27N3O/c1-14(20-12-6-9-16(13-20)18-2)17(21)19-11-10-15-7-4-3-5-8-15/h3-5,7-8,14,16,18H,6,9-13H2,1-2H3,(H,19,21). The monoisotopic (exact) mass is 289 g/mol. The van der Waals surface area contributed by atoms with Crippen LogP contribution in [0.5, 0.6) is 0 Å². The van der Waals surface area contributed by atoms with Crippen LogP contribution < -0.4 is 10.6 Å². The summed E-state index contributed by atoms with van der Waals surface area (Å²) in [7, 11) is 2.00. The van der Waals surface area contributed by atoms with E-state index in [9.17, 15) is 4.79 Å². The summed E-state index contributed by atoms with van der Waals surface area (Å²) >= 11 is 0. The normalized spacial score (nSPS) is 21.0. The maximum Gasteiger partial charge on any atom is 0.237 e. The largest absolute Gasteiger partial charge is 0.354 e. The van der Waals surface area contributed by atoms with Crippen LogP contribution in [-0.4, -0.2) is 49.6 Å². The Kier molecular flexibility index (Phi) is 6.21. The Balaban J connectivity index is 1.74. The highest BCUT2D eigenvalue weighted by molar-refractivity contribution is 5.81. The van der Waals surface area contributed by atoms with Crippen LogP contribution in [0.15, 0.2) is 30.3 Å². The van der Waals surface area contributed by atoms with Gasteiger partial charge in [0, 0.05) is 19.1 Å². The van der Waals surface area contributed by atoms with Gasteiger partial charge in [0.25, 0.3) is 0 Å². The molecule has 1 aliphatic heterocycles. The third kappa shape index (κ3) is 4.83. The lowest BCUT2D eigenvalue weighted by Crippen LogP contribution is -2.52. The second-order valence-electron chi connectivity index (χ2n) is 5.83. The first-order chi connectivity index (χ1) is 10.2. The van der Waals surface area contributed by atoms with E-state index in [1.54, 1.807) is 0 Å². The average molecular weight is 289 g/mol. The van der Waals surface area contributed by atoms with E-state index in [-0.39, 0.29) is 11.9 Å². The van der Waals surface area contributed by atoms with Gasteiger partial charge in [-0.1, -0.05) is 30.3 Å². The van der Waals surface area contributed by atoms with Crippen LogP contribution in [-0.2, 0) is 11.2 Å². The number of rotatable bonds is 6. The molecular weight excluding hydrogens is 262 g/mol. The number of nitrogens with one attached hydrogen (secondary N) is 2. The fraction of sp³-hybridized carbons (Fsp3) is 0.588. The van der Waals surface area contributed by atoms with E-state index in [0.29, 0.717) is 12.6 Å². The fourth-order valence-corrected chi connectivity index (χ4v) is 2.88. The van der Waals surface area contributed by atoms with Crippen molar-refractivity contribution in [3.8, 4) is 0 Å². The molecule has 1 aromatic carbocycles. The molecule has 2 N–H and O–H groups in total. The van der Waals surface area contributed by atoms with Gasteiger partial charge in [-0.15, -0.1) is 0 Å². The molecular formula is C17H27N3O. The molecule has 0 spiro atoms. The fourth-order valence-electron chi connectivity index (χ4n) is 2.88. The van der Waals surface area contributed by atoms with Gasteiger partial charge in [0.1, 0.15) is 0 Å². The summed E-state index contributed by atoms with van der Waals surface area (Å²) in [5.41, 5.74) is 1.26. The predicted molar refractivity (Wildman–Crippen MR) is 86.3 cm³/mol. The third-order valence-electron chi connectivity index (χ3n) is 4.34. The number of benzene rings is 1. The van der Waals surface area contributed by atoms with Crippen molar-refractivity contribution in [2.75, 3.05) is 26.7 Å². The highest BCUT2D eigenvalue weighted by Gasteiger charge is 2.26. The summed E-state index contributed by atoms with van der Waals surface area (Å²) in [5.74, 6) is 0.141. The van der Waals surface area contributed by atoms with Crippen molar-refractivity contribution in [1.29, 1.82) is 0 Å². The van der Waals surface area contributed by atoms with Crippen LogP contribution in [0.3, 0.4) is 0 Å². The number of amides is 1. The highest BCUT2D eigenvalue weighted by atomic mass is 16.2. The number of hydrogen-bond acceptors (Lipinski definition) is 3. The smallest absolute Gasteiger partial charge is 0.237 e. The van der Waals surface area contributed by atoms with Gasteiger partial charge in [-0.05, 0) is 45.3 Å². The molecule has 1 heterocycles. The van der Waals surface area contributed by atoms with Gasteiger partial charge in [0.2, 0.25) is 5.91 Å². The number of carbonyl (C=O) groups excluding carboxylic acids is 1. The molecule has 2 atom stereocenters. The molecule has 1 amide bonds. The minimum absolute atomic E-state index is 0.0445. The summed E-state index contributed by atoms with van der Waals surface area (Å²) in [6, 6.07) is 10.7. The van der Waals surface area contributed by atoms with E-state index in [4.69, 9.17) is 0 Å². The van der Waals surface area contributed by atoms with Gasteiger partial charge in [-0.2, -0.15) is 0 Å². The van der Waals surface area contributed by atoms with Crippen LogP contribution in [0, 0.1) is 0 Å². The van der Waals surface area contributed by atoms with Crippen molar-refractivity contribution < 1.29 is 4.79 Å². The Hall–Kier alpha value is -1.39. The number of likely N-dealkylation sites (N-methyl/N-ethyl adjacent to an activating group) is 1. The lowest BCUT2D eigenvalue weighted by Gasteiger charge is -2.35. The van der Waals surface area contributed by atoms with Gasteiger partial charge >= 0.3 is 0 Å². The van der Waals surface area contributed by atoms with Gasteiger partial charge in [0.05, 0.1) is 6.04 Å². The molecule has 1 saturated heterocycles. The Bertz CT molecular complexity index is 435. The molecule has 0 radical (unpaired) electrons. The van der Waals surface area contributed by atoms with Crippen LogP contribution >= 0.6 is 0 Å². The predicted octanol–water partition coefficient (Wildman–Crippen LogP) is 1.42. The number of nitrogens with zero attached hydrogens (tertiary/aromatic N) is 1. The number of piperidine rings is 1. The van der Waals surface area contributed by atoms with Gasteiger partial charge in [-0.25, -0.2) is 0 Å². The molecule has 1 aliphatic rings. The van der Waals surface area contributed by atoms with Gasteiger partial charge in [0.15, 0.2) is 0 Å². The van der Waals surface area contributed by atoms with Crippen molar-refractivity contribution in [3.05, 3.63) is 35.9 Å². The van der Waals surface area contributed by atoms with Crippen LogP contribution in [0.1, 0.15) is 25.3 Å². The summed E-state index contributed by atoms with van der Waals surface area (Å²) in [6.07, 6.45) is 3.25. The lowest BCUT2D eigenvalue weighted by atomic mass is 10.0. The Morgan fingerprint density at radius 3 is 2.86 bits per heavy atom. The molecule has 0 saturated carbocycles. The second kappa shape index (κ2) is 8.15. The van der Waals surface area contributed by atoms with E-state index in [1.165, 1.54) is 12.0 Å². The van der Waals surface area contributed by atoms with Gasteiger partial charge in [-0.3, -0.25) is 9.69 Å². The lowest BCUT2D eigenvalue weighted by molar-refractivity contribution is -0.126. The molecule has 2 unspecified atom stereocenters. The number of hydrogen-bond donors (Lipinski definition) is 2. The first-order valence-corrected chi connectivity index (χ1v) is 7.93. The minimum Gasteiger partial charge on any atom is -0.354 e. The van der Waals surface area contributed by atoms with Crippen molar-refractivity contribution in [3.63, 3.8) is 0 Å².